The second-order valence-electron chi connectivity index (χ2n) is 2.83. The molecule has 0 aliphatic carbocycles. The van der Waals surface area contributed by atoms with E-state index in [9.17, 15) is 4.79 Å². The van der Waals surface area contributed by atoms with Crippen LogP contribution in [0.5, 0.6) is 0 Å². The van der Waals surface area contributed by atoms with E-state index >= 15 is 0 Å². The maximum atomic E-state index is 10.9. The molecule has 0 radical (unpaired) electrons. The Morgan fingerprint density at radius 3 is 2.94 bits per heavy atom. The number of carbonyl (C=O) groups is 1. The number of esters is 1. The lowest BCUT2D eigenvalue weighted by molar-refractivity contribution is -0.141. The monoisotopic (exact) mass is 214 g/mol. The highest BCUT2D eigenvalue weighted by atomic mass is 16.5. The number of pyridine rings is 1. The van der Waals surface area contributed by atoms with Crippen LogP contribution >= 0.6 is 0 Å². The van der Waals surface area contributed by atoms with Gasteiger partial charge in [0.05, 0.1) is 12.2 Å². The first-order valence-electron chi connectivity index (χ1n) is 4.77. The van der Waals surface area contributed by atoms with Gasteiger partial charge in [0.1, 0.15) is 18.2 Å². The molecule has 0 amide bonds. The van der Waals surface area contributed by atoms with Crippen LogP contribution in [0.25, 0.3) is 0 Å². The van der Waals surface area contributed by atoms with Crippen LogP contribution in [0.3, 0.4) is 0 Å². The molecule has 80 valence electrons. The Kier molecular flexibility index (Phi) is 4.56. The van der Waals surface area contributed by atoms with Gasteiger partial charge in [-0.25, -0.2) is 4.98 Å². The number of nitriles is 1. The van der Waals surface area contributed by atoms with E-state index in [2.05, 4.69) is 16.8 Å². The zero-order valence-electron chi connectivity index (χ0n) is 8.86. The molecule has 0 aliphatic rings. The van der Waals surface area contributed by atoms with E-state index in [1.54, 1.807) is 19.1 Å². The van der Waals surface area contributed by atoms with Gasteiger partial charge in [0.2, 0.25) is 0 Å². The van der Waals surface area contributed by atoms with Crippen LogP contribution in [0.4, 0.5) is 0 Å². The van der Waals surface area contributed by atoms with E-state index in [0.717, 1.165) is 0 Å². The fraction of sp³-hybridized carbons (Fsp3) is 0.250. The van der Waals surface area contributed by atoms with Crippen LogP contribution in [0.15, 0.2) is 18.3 Å². The van der Waals surface area contributed by atoms with Crippen molar-refractivity contribution in [2.24, 2.45) is 0 Å². The normalized spacial score (nSPS) is 8.50. The van der Waals surface area contributed by atoms with Crippen molar-refractivity contribution in [3.63, 3.8) is 0 Å². The number of ether oxygens (including phenoxy) is 1. The molecule has 16 heavy (non-hydrogen) atoms. The third-order valence-corrected chi connectivity index (χ3v) is 1.65. The molecule has 1 heterocycles. The summed E-state index contributed by atoms with van der Waals surface area (Å²) in [6, 6.07) is 5.22. The minimum Gasteiger partial charge on any atom is -0.465 e. The Morgan fingerprint density at radius 2 is 2.38 bits per heavy atom. The highest BCUT2D eigenvalue weighted by molar-refractivity contribution is 5.72. The summed E-state index contributed by atoms with van der Waals surface area (Å²) in [5.74, 6) is 5.02. The summed E-state index contributed by atoms with van der Waals surface area (Å²) in [4.78, 5) is 14.9. The Morgan fingerprint density at radius 1 is 1.56 bits per heavy atom. The van der Waals surface area contributed by atoms with Gasteiger partial charge in [0.25, 0.3) is 0 Å². The molecule has 0 bridgehead atoms. The Balaban J connectivity index is 2.57. The van der Waals surface area contributed by atoms with Crippen molar-refractivity contribution in [1.82, 2.24) is 4.98 Å². The van der Waals surface area contributed by atoms with Gasteiger partial charge in [0, 0.05) is 6.20 Å². The zero-order chi connectivity index (χ0) is 11.8. The van der Waals surface area contributed by atoms with E-state index in [4.69, 9.17) is 10.00 Å². The van der Waals surface area contributed by atoms with Gasteiger partial charge in [-0.3, -0.25) is 4.79 Å². The standard InChI is InChI=1S/C12H10N2O2/c1-2-16-12(15)5-3-4-11-7-6-10(8-13)9-14-11/h6-7,9H,2,5H2,1H3. The second kappa shape index (κ2) is 6.21. The topological polar surface area (TPSA) is 63.0 Å². The minimum atomic E-state index is -0.344. The highest BCUT2D eigenvalue weighted by Gasteiger charge is 1.96. The summed E-state index contributed by atoms with van der Waals surface area (Å²) in [7, 11) is 0. The molecule has 0 N–H and O–H groups in total. The molecule has 1 rings (SSSR count). The van der Waals surface area contributed by atoms with Gasteiger partial charge in [-0.05, 0) is 25.0 Å². The van der Waals surface area contributed by atoms with E-state index in [-0.39, 0.29) is 12.4 Å². The summed E-state index contributed by atoms with van der Waals surface area (Å²) in [6.07, 6.45) is 1.49. The van der Waals surface area contributed by atoms with Crippen LogP contribution in [-0.2, 0) is 9.53 Å². The first kappa shape index (κ1) is 11.7. The number of aromatic nitrogens is 1. The van der Waals surface area contributed by atoms with E-state index in [0.29, 0.717) is 17.9 Å². The fourth-order valence-corrected chi connectivity index (χ4v) is 0.953. The Hall–Kier alpha value is -2.33. The minimum absolute atomic E-state index is 0.0511. The van der Waals surface area contributed by atoms with Crippen LogP contribution < -0.4 is 0 Å². The molecule has 0 saturated carbocycles. The summed E-state index contributed by atoms with van der Waals surface area (Å²) in [5, 5.41) is 8.55. The lowest BCUT2D eigenvalue weighted by Crippen LogP contribution is -2.01. The van der Waals surface area contributed by atoms with E-state index in [1.165, 1.54) is 6.20 Å². The largest absolute Gasteiger partial charge is 0.465 e. The molecule has 0 aliphatic heterocycles. The van der Waals surface area contributed by atoms with Crippen LogP contribution in [0.2, 0.25) is 0 Å². The summed E-state index contributed by atoms with van der Waals surface area (Å²) in [6.45, 7) is 2.10. The highest BCUT2D eigenvalue weighted by Crippen LogP contribution is 1.97. The first-order chi connectivity index (χ1) is 7.76. The van der Waals surface area contributed by atoms with Gasteiger partial charge < -0.3 is 4.74 Å². The van der Waals surface area contributed by atoms with Gasteiger partial charge in [-0.15, -0.1) is 0 Å². The molecule has 1 aromatic rings. The second-order valence-corrected chi connectivity index (χ2v) is 2.83. The number of rotatable bonds is 2. The maximum absolute atomic E-state index is 10.9. The number of hydrogen-bond donors (Lipinski definition) is 0. The van der Waals surface area contributed by atoms with Gasteiger partial charge in [-0.2, -0.15) is 5.26 Å². The summed E-state index contributed by atoms with van der Waals surface area (Å²) in [5.41, 5.74) is 1.01. The molecule has 0 fully saturated rings. The molecule has 0 aromatic carbocycles. The lowest BCUT2D eigenvalue weighted by atomic mass is 10.2. The smallest absolute Gasteiger partial charge is 0.317 e. The molecule has 0 saturated heterocycles. The van der Waals surface area contributed by atoms with Crippen molar-refractivity contribution >= 4 is 5.97 Å². The molecule has 0 atom stereocenters. The average Bonchev–Trinajstić information content (AvgIpc) is 2.30. The van der Waals surface area contributed by atoms with E-state index < -0.39 is 0 Å². The predicted octanol–water partition coefficient (Wildman–Crippen LogP) is 1.26. The number of carbonyl (C=O) groups excluding carboxylic acids is 1. The number of nitrogens with zero attached hydrogens (tertiary/aromatic N) is 2. The summed E-state index contributed by atoms with van der Waals surface area (Å²) >= 11 is 0. The van der Waals surface area contributed by atoms with Gasteiger partial charge in [-0.1, -0.05) is 5.92 Å². The third-order valence-electron chi connectivity index (χ3n) is 1.65. The Bertz CT molecular complexity index is 461. The average molecular weight is 214 g/mol. The molecule has 4 nitrogen and oxygen atoms in total. The Labute approximate surface area is 93.9 Å². The molecule has 0 spiro atoms. The molecular formula is C12H10N2O2. The van der Waals surface area contributed by atoms with Crippen LogP contribution in [-0.4, -0.2) is 17.6 Å². The van der Waals surface area contributed by atoms with Crippen molar-refractivity contribution in [3.8, 4) is 17.9 Å². The molecule has 4 heteroatoms. The lowest BCUT2D eigenvalue weighted by Gasteiger charge is -1.94. The van der Waals surface area contributed by atoms with Crippen molar-refractivity contribution in [1.29, 1.82) is 5.26 Å². The van der Waals surface area contributed by atoms with Crippen molar-refractivity contribution < 1.29 is 9.53 Å². The van der Waals surface area contributed by atoms with Crippen molar-refractivity contribution in [2.75, 3.05) is 6.61 Å². The SMILES string of the molecule is CCOC(=O)CC#Cc1ccc(C#N)cn1. The van der Waals surface area contributed by atoms with Crippen LogP contribution in [0.1, 0.15) is 24.6 Å². The predicted molar refractivity (Wildman–Crippen MR) is 57.1 cm³/mol. The first-order valence-corrected chi connectivity index (χ1v) is 4.77. The van der Waals surface area contributed by atoms with E-state index in [1.807, 2.05) is 6.07 Å². The van der Waals surface area contributed by atoms with Gasteiger partial charge in [0.15, 0.2) is 0 Å². The van der Waals surface area contributed by atoms with Crippen molar-refractivity contribution in [2.45, 2.75) is 13.3 Å². The van der Waals surface area contributed by atoms with Crippen molar-refractivity contribution in [3.05, 3.63) is 29.6 Å². The number of hydrogen-bond acceptors (Lipinski definition) is 4. The molecular weight excluding hydrogens is 204 g/mol. The molecule has 0 unspecified atom stereocenters. The van der Waals surface area contributed by atoms with Crippen LogP contribution in [0, 0.1) is 23.2 Å². The third kappa shape index (κ3) is 3.81. The fourth-order valence-electron chi connectivity index (χ4n) is 0.953. The quantitative estimate of drug-likeness (QED) is 0.549. The maximum Gasteiger partial charge on any atom is 0.317 e. The molecule has 1 aromatic heterocycles. The zero-order valence-corrected chi connectivity index (χ0v) is 8.86. The van der Waals surface area contributed by atoms with Gasteiger partial charge >= 0.3 is 5.97 Å². The summed E-state index contributed by atoms with van der Waals surface area (Å²) < 4.78 is 4.71.